The second-order valence-electron chi connectivity index (χ2n) is 5.57. The minimum atomic E-state index is -1.80. The first-order chi connectivity index (χ1) is 8.05. The van der Waals surface area contributed by atoms with Crippen molar-refractivity contribution in [2.75, 3.05) is 12.3 Å². The maximum atomic E-state index is 10.8. The Bertz CT molecular complexity index is 283. The second kappa shape index (κ2) is 7.42. The summed E-state index contributed by atoms with van der Waals surface area (Å²) in [5.74, 6) is 6.33. The highest BCUT2D eigenvalue weighted by Gasteiger charge is 2.19. The summed E-state index contributed by atoms with van der Waals surface area (Å²) in [6.07, 6.45) is 9.86. The van der Waals surface area contributed by atoms with Crippen molar-refractivity contribution in [3.05, 3.63) is 0 Å². The fourth-order valence-electron chi connectivity index (χ4n) is 2.83. The molecular weight excluding hydrogens is 230 g/mol. The average molecular weight is 259 g/mol. The van der Waals surface area contributed by atoms with E-state index in [1.165, 1.54) is 38.5 Å². The van der Waals surface area contributed by atoms with Crippen LogP contribution in [0.3, 0.4) is 0 Å². The van der Waals surface area contributed by atoms with Crippen LogP contribution in [0.25, 0.3) is 0 Å². The monoisotopic (exact) mass is 259 g/mol. The molecule has 1 aliphatic heterocycles. The van der Waals surface area contributed by atoms with Crippen LogP contribution in [-0.2, 0) is 9.71 Å². The molecule has 0 radical (unpaired) electrons. The molecule has 1 saturated heterocycles. The summed E-state index contributed by atoms with van der Waals surface area (Å²) in [5, 5.41) is 0. The quantitative estimate of drug-likeness (QED) is 0.758. The van der Waals surface area contributed by atoms with Crippen molar-refractivity contribution in [3.63, 3.8) is 0 Å². The Labute approximate surface area is 108 Å². The molecule has 1 N–H and O–H groups in total. The predicted molar refractivity (Wildman–Crippen MR) is 78.8 cm³/mol. The fourth-order valence-corrected chi connectivity index (χ4v) is 4.10. The summed E-state index contributed by atoms with van der Waals surface area (Å²) >= 11 is 0. The van der Waals surface area contributed by atoms with Gasteiger partial charge in [0.2, 0.25) is 0 Å². The molecule has 0 aromatic heterocycles. The van der Waals surface area contributed by atoms with Gasteiger partial charge in [0, 0.05) is 22.0 Å². The summed E-state index contributed by atoms with van der Waals surface area (Å²) in [5.41, 5.74) is 0. The van der Waals surface area contributed by atoms with Gasteiger partial charge >= 0.3 is 0 Å². The minimum absolute atomic E-state index is 0.757. The van der Waals surface area contributed by atoms with Gasteiger partial charge in [-0.05, 0) is 24.1 Å². The van der Waals surface area contributed by atoms with Crippen LogP contribution in [0, 0.1) is 11.8 Å². The van der Waals surface area contributed by atoms with Crippen LogP contribution in [0.15, 0.2) is 0 Å². The molecule has 0 aromatic carbocycles. The van der Waals surface area contributed by atoms with Crippen molar-refractivity contribution < 1.29 is 4.21 Å². The van der Waals surface area contributed by atoms with E-state index in [1.807, 2.05) is 0 Å². The molecule has 3 heteroatoms. The van der Waals surface area contributed by atoms with Gasteiger partial charge in [-0.1, -0.05) is 52.4 Å². The van der Waals surface area contributed by atoms with Gasteiger partial charge in [0.1, 0.15) is 0 Å². The van der Waals surface area contributed by atoms with E-state index in [9.17, 15) is 4.21 Å². The highest BCUT2D eigenvalue weighted by atomic mass is 32.2. The standard InChI is InChI=1S/C10H20.C4H9NOS/c1-3-6-10-8-5-4-7-9(10)2;1-7(6)4-2-3-5-7/h9-10H,3-8H2,1-2H3;1-4H2,(H,5,6). The predicted octanol–water partition coefficient (Wildman–Crippen LogP) is 3.22. The first-order valence-corrected chi connectivity index (χ1v) is 9.04. The number of nitrogens with one attached hydrogen (secondary N) is 1. The van der Waals surface area contributed by atoms with E-state index >= 15 is 0 Å². The fraction of sp³-hybridized carbons (Fsp3) is 0.929. The maximum Gasteiger partial charge on any atom is 0.0301 e. The number of hydrogen-bond acceptors (Lipinski definition) is 1. The minimum Gasteiger partial charge on any atom is -0.253 e. The van der Waals surface area contributed by atoms with Gasteiger partial charge in [-0.3, -0.25) is 4.21 Å². The van der Waals surface area contributed by atoms with Crippen LogP contribution < -0.4 is 4.72 Å². The van der Waals surface area contributed by atoms with Gasteiger partial charge < -0.3 is 0 Å². The van der Waals surface area contributed by atoms with Crippen molar-refractivity contribution in [2.24, 2.45) is 11.8 Å². The Morgan fingerprint density at radius 1 is 1.29 bits per heavy atom. The highest BCUT2D eigenvalue weighted by molar-refractivity contribution is 7.98. The van der Waals surface area contributed by atoms with Crippen LogP contribution >= 0.6 is 0 Å². The molecule has 3 atom stereocenters. The molecular formula is C14H29NOS. The lowest BCUT2D eigenvalue weighted by Gasteiger charge is -2.28. The van der Waals surface area contributed by atoms with Crippen LogP contribution in [0.2, 0.25) is 0 Å². The zero-order valence-electron chi connectivity index (χ0n) is 11.5. The van der Waals surface area contributed by atoms with E-state index in [0.717, 1.165) is 30.6 Å². The molecule has 2 aliphatic rings. The molecule has 2 rings (SSSR count). The van der Waals surface area contributed by atoms with E-state index in [-0.39, 0.29) is 0 Å². The lowest BCUT2D eigenvalue weighted by Crippen LogP contribution is -2.15. The van der Waals surface area contributed by atoms with Gasteiger partial charge in [0.05, 0.1) is 0 Å². The molecule has 3 unspecified atom stereocenters. The Morgan fingerprint density at radius 2 is 2.00 bits per heavy atom. The van der Waals surface area contributed by atoms with Crippen LogP contribution in [0.4, 0.5) is 0 Å². The smallest absolute Gasteiger partial charge is 0.0301 e. The summed E-state index contributed by atoms with van der Waals surface area (Å²) in [6.45, 7) is 5.61. The van der Waals surface area contributed by atoms with Crippen LogP contribution in [0.1, 0.15) is 58.8 Å². The Hall–Kier alpha value is -0.0200. The molecule has 17 heavy (non-hydrogen) atoms. The number of rotatable bonds is 2. The van der Waals surface area contributed by atoms with Crippen LogP contribution in [0.5, 0.6) is 0 Å². The second-order valence-corrected chi connectivity index (χ2v) is 7.89. The molecule has 102 valence electrons. The van der Waals surface area contributed by atoms with E-state index in [2.05, 4.69) is 24.4 Å². The Morgan fingerprint density at radius 3 is 2.41 bits per heavy atom. The van der Waals surface area contributed by atoms with Gasteiger partial charge in [-0.2, -0.15) is 0 Å². The molecule has 0 aromatic rings. The molecule has 1 heterocycles. The molecule has 1 saturated carbocycles. The van der Waals surface area contributed by atoms with Crippen molar-refractivity contribution >= 4 is 15.6 Å². The Balaban J connectivity index is 0.000000181. The van der Waals surface area contributed by atoms with E-state index in [0.29, 0.717) is 0 Å². The lowest BCUT2D eigenvalue weighted by atomic mass is 9.78. The number of hydrogen-bond donors (Lipinski definition) is 1. The van der Waals surface area contributed by atoms with Crippen molar-refractivity contribution in [2.45, 2.75) is 58.8 Å². The largest absolute Gasteiger partial charge is 0.253 e. The van der Waals surface area contributed by atoms with Gasteiger partial charge in [0.15, 0.2) is 0 Å². The van der Waals surface area contributed by atoms with E-state index in [4.69, 9.17) is 0 Å². The van der Waals surface area contributed by atoms with Crippen LogP contribution in [-0.4, -0.2) is 22.4 Å². The molecule has 0 bridgehead atoms. The molecule has 0 spiro atoms. The van der Waals surface area contributed by atoms with Gasteiger partial charge in [-0.25, -0.2) is 4.72 Å². The first kappa shape index (κ1) is 15.0. The highest BCUT2D eigenvalue weighted by Crippen LogP contribution is 2.32. The third kappa shape index (κ3) is 5.91. The van der Waals surface area contributed by atoms with E-state index in [1.54, 1.807) is 0 Å². The average Bonchev–Trinajstić information content (AvgIpc) is 2.68. The zero-order valence-corrected chi connectivity index (χ0v) is 12.4. The molecule has 0 amide bonds. The Kier molecular flexibility index (Phi) is 6.57. The van der Waals surface area contributed by atoms with Crippen molar-refractivity contribution in [1.82, 2.24) is 4.72 Å². The molecule has 1 aliphatic carbocycles. The topological polar surface area (TPSA) is 29.1 Å². The first-order valence-electron chi connectivity index (χ1n) is 7.14. The van der Waals surface area contributed by atoms with Crippen molar-refractivity contribution in [1.29, 1.82) is 0 Å². The normalized spacial score (nSPS) is 37.3. The SMILES string of the molecule is C=S1(=O)CCCN1.CCCC1CCCCC1C. The summed E-state index contributed by atoms with van der Waals surface area (Å²) in [6, 6.07) is 0. The molecule has 2 nitrogen and oxygen atoms in total. The van der Waals surface area contributed by atoms with E-state index < -0.39 is 9.71 Å². The third-order valence-electron chi connectivity index (χ3n) is 3.96. The summed E-state index contributed by atoms with van der Waals surface area (Å²) < 4.78 is 13.6. The maximum absolute atomic E-state index is 10.8. The van der Waals surface area contributed by atoms with Crippen molar-refractivity contribution in [3.8, 4) is 0 Å². The third-order valence-corrected chi connectivity index (χ3v) is 5.64. The lowest BCUT2D eigenvalue weighted by molar-refractivity contribution is 0.240. The van der Waals surface area contributed by atoms with Gasteiger partial charge in [0.25, 0.3) is 0 Å². The zero-order chi connectivity index (χ0) is 12.7. The summed E-state index contributed by atoms with van der Waals surface area (Å²) in [7, 11) is -1.80. The summed E-state index contributed by atoms with van der Waals surface area (Å²) in [4.78, 5) is 0. The van der Waals surface area contributed by atoms with Gasteiger partial charge in [-0.15, -0.1) is 0 Å². The molecule has 2 fully saturated rings.